The molecule has 0 amide bonds. The van der Waals surface area contributed by atoms with Crippen LogP contribution in [0.25, 0.3) is 11.1 Å². The van der Waals surface area contributed by atoms with Gasteiger partial charge in [0.2, 0.25) is 0 Å². The summed E-state index contributed by atoms with van der Waals surface area (Å²) in [5.41, 5.74) is 7.12. The van der Waals surface area contributed by atoms with Crippen LogP contribution in [-0.4, -0.2) is 0 Å². The number of halogens is 1. The van der Waals surface area contributed by atoms with Crippen molar-refractivity contribution < 1.29 is 23.3 Å². The maximum atomic E-state index is 6.09. The fourth-order valence-corrected chi connectivity index (χ4v) is 6.00. The SMILES string of the molecule is Cc1ccc2c(c1)Cc1c[c]([Hg][Cl])ccc1-2. The molecule has 0 unspecified atom stereocenters. The van der Waals surface area contributed by atoms with Gasteiger partial charge in [-0.05, 0) is 0 Å². The Morgan fingerprint density at radius 3 is 2.44 bits per heavy atom. The molecule has 0 saturated carbocycles. The number of hydrogen-bond donors (Lipinski definition) is 0. The second kappa shape index (κ2) is 4.16. The predicted octanol–water partition coefficient (Wildman–Crippen LogP) is 3.43. The van der Waals surface area contributed by atoms with E-state index in [0.29, 0.717) is 0 Å². The summed E-state index contributed by atoms with van der Waals surface area (Å²) < 4.78 is 1.44. The van der Waals surface area contributed by atoms with Gasteiger partial charge in [-0.3, -0.25) is 0 Å². The molecule has 1 aliphatic rings. The van der Waals surface area contributed by atoms with Gasteiger partial charge in [0.15, 0.2) is 0 Å². The molecule has 2 aromatic carbocycles. The molecule has 0 fully saturated rings. The number of aryl methyl sites for hydroxylation is 1. The zero-order chi connectivity index (χ0) is 11.1. The molecule has 3 rings (SSSR count). The molecule has 0 aromatic heterocycles. The third-order valence-electron chi connectivity index (χ3n) is 3.26. The summed E-state index contributed by atoms with van der Waals surface area (Å²) in [4.78, 5) is 0. The molecule has 0 bridgehead atoms. The molecule has 0 spiro atoms. The summed E-state index contributed by atoms with van der Waals surface area (Å²) in [6, 6.07) is 13.6. The molecule has 16 heavy (non-hydrogen) atoms. The molecule has 0 N–H and O–H groups in total. The van der Waals surface area contributed by atoms with E-state index in [1.165, 1.54) is 30.9 Å². The van der Waals surface area contributed by atoms with Gasteiger partial charge < -0.3 is 0 Å². The zero-order valence-corrected chi connectivity index (χ0v) is 15.5. The molecule has 0 atom stereocenters. The van der Waals surface area contributed by atoms with Crippen LogP contribution >= 0.6 is 8.25 Å². The Bertz CT molecular complexity index is 561. The van der Waals surface area contributed by atoms with Gasteiger partial charge in [0.25, 0.3) is 0 Å². The van der Waals surface area contributed by atoms with E-state index >= 15 is 0 Å². The van der Waals surface area contributed by atoms with E-state index in [2.05, 4.69) is 43.3 Å². The summed E-state index contributed by atoms with van der Waals surface area (Å²) >= 11 is -1.24. The minimum absolute atomic E-state index is 1.09. The summed E-state index contributed by atoms with van der Waals surface area (Å²) in [6.07, 6.45) is 1.09. The Morgan fingerprint density at radius 1 is 1.00 bits per heavy atom. The van der Waals surface area contributed by atoms with Gasteiger partial charge in [0, 0.05) is 0 Å². The van der Waals surface area contributed by atoms with Crippen LogP contribution in [0.1, 0.15) is 16.7 Å². The fourth-order valence-electron chi connectivity index (χ4n) is 2.48. The standard InChI is InChI=1S/C14H11.ClH.Hg/c1-10-6-7-14-12(8-10)9-11-4-2-3-5-13(11)14;;/h3-8H,9H2,1H3;1H;/q;;+1/p-1. The van der Waals surface area contributed by atoms with Crippen LogP contribution in [0.5, 0.6) is 0 Å². The molecule has 76 valence electrons. The molecule has 0 aliphatic heterocycles. The third-order valence-corrected chi connectivity index (χ3v) is 8.87. The van der Waals surface area contributed by atoms with E-state index in [4.69, 9.17) is 8.25 Å². The van der Waals surface area contributed by atoms with Gasteiger partial charge in [-0.15, -0.1) is 0 Å². The van der Waals surface area contributed by atoms with Crippen molar-refractivity contribution in [3.8, 4) is 11.1 Å². The molecular weight excluding hydrogens is 404 g/mol. The molecular formula is C14H11ClHg. The Morgan fingerprint density at radius 2 is 1.69 bits per heavy atom. The molecule has 0 saturated heterocycles. The van der Waals surface area contributed by atoms with E-state index < -0.39 is 23.3 Å². The Balaban J connectivity index is 2.16. The Hall–Kier alpha value is -0.335. The normalized spacial score (nSPS) is 11.9. The summed E-state index contributed by atoms with van der Waals surface area (Å²) in [5.74, 6) is 0. The summed E-state index contributed by atoms with van der Waals surface area (Å²) in [5, 5.41) is 0. The van der Waals surface area contributed by atoms with Gasteiger partial charge in [-0.2, -0.15) is 0 Å². The molecule has 2 aromatic rings. The Labute approximate surface area is 112 Å². The summed E-state index contributed by atoms with van der Waals surface area (Å²) in [6.45, 7) is 2.16. The average Bonchev–Trinajstić information content (AvgIpc) is 2.64. The fraction of sp³-hybridized carbons (Fsp3) is 0.143. The van der Waals surface area contributed by atoms with Crippen LogP contribution in [0.2, 0.25) is 0 Å². The van der Waals surface area contributed by atoms with Gasteiger partial charge in [0.1, 0.15) is 0 Å². The monoisotopic (exact) mass is 416 g/mol. The summed E-state index contributed by atoms with van der Waals surface area (Å²) in [7, 11) is 6.09. The van der Waals surface area contributed by atoms with E-state index in [1.807, 2.05) is 0 Å². The first-order chi connectivity index (χ1) is 7.78. The van der Waals surface area contributed by atoms with Crippen LogP contribution in [-0.2, 0) is 29.8 Å². The zero-order valence-electron chi connectivity index (χ0n) is 9.26. The first-order valence-electron chi connectivity index (χ1n) is 5.55. The van der Waals surface area contributed by atoms with Crippen LogP contribution in [0.15, 0.2) is 36.4 Å². The Kier molecular flexibility index (Phi) is 2.81. The van der Waals surface area contributed by atoms with Crippen LogP contribution in [0.3, 0.4) is 0 Å². The van der Waals surface area contributed by atoms with Crippen molar-refractivity contribution in [3.63, 3.8) is 0 Å². The topological polar surface area (TPSA) is 0 Å². The van der Waals surface area contributed by atoms with Gasteiger partial charge in [0.05, 0.1) is 0 Å². The quantitative estimate of drug-likeness (QED) is 0.535. The van der Waals surface area contributed by atoms with Crippen molar-refractivity contribution in [2.75, 3.05) is 0 Å². The number of rotatable bonds is 1. The van der Waals surface area contributed by atoms with E-state index in [-0.39, 0.29) is 0 Å². The second-order valence-electron chi connectivity index (χ2n) is 4.46. The third kappa shape index (κ3) is 1.72. The molecule has 0 radical (unpaired) electrons. The van der Waals surface area contributed by atoms with E-state index in [0.717, 1.165) is 6.42 Å². The van der Waals surface area contributed by atoms with Gasteiger partial charge in [-0.1, -0.05) is 0 Å². The maximum absolute atomic E-state index is 6.09. The number of benzene rings is 2. The first kappa shape index (κ1) is 10.8. The number of hydrogen-bond acceptors (Lipinski definition) is 0. The molecule has 1 aliphatic carbocycles. The van der Waals surface area contributed by atoms with Crippen molar-refractivity contribution in [3.05, 3.63) is 53.1 Å². The predicted molar refractivity (Wildman–Crippen MR) is 64.9 cm³/mol. The van der Waals surface area contributed by atoms with Crippen LogP contribution in [0.4, 0.5) is 0 Å². The van der Waals surface area contributed by atoms with Gasteiger partial charge in [-0.25, -0.2) is 0 Å². The number of fused-ring (bicyclic) bond motifs is 3. The van der Waals surface area contributed by atoms with Crippen molar-refractivity contribution in [1.82, 2.24) is 0 Å². The van der Waals surface area contributed by atoms with E-state index in [1.54, 1.807) is 0 Å². The van der Waals surface area contributed by atoms with Crippen molar-refractivity contribution in [2.24, 2.45) is 0 Å². The minimum atomic E-state index is -1.24. The van der Waals surface area contributed by atoms with Crippen LogP contribution in [0, 0.1) is 6.92 Å². The van der Waals surface area contributed by atoms with Gasteiger partial charge >= 0.3 is 112 Å². The first-order valence-corrected chi connectivity index (χ1v) is 15.1. The van der Waals surface area contributed by atoms with Crippen molar-refractivity contribution >= 4 is 11.3 Å². The van der Waals surface area contributed by atoms with Crippen molar-refractivity contribution in [1.29, 1.82) is 0 Å². The average molecular weight is 415 g/mol. The molecule has 2 heteroatoms. The van der Waals surface area contributed by atoms with Crippen molar-refractivity contribution in [2.45, 2.75) is 13.3 Å². The molecule has 0 nitrogen and oxygen atoms in total. The second-order valence-corrected chi connectivity index (χ2v) is 11.0. The molecule has 0 heterocycles. The van der Waals surface area contributed by atoms with E-state index in [9.17, 15) is 0 Å². The van der Waals surface area contributed by atoms with Crippen LogP contribution < -0.4 is 3.07 Å².